The highest BCUT2D eigenvalue weighted by Crippen LogP contribution is 2.54. The number of nitrogens with one attached hydrogen (secondary N) is 1. The Morgan fingerprint density at radius 1 is 1.36 bits per heavy atom. The average Bonchev–Trinajstić information content (AvgIpc) is 2.92. The highest BCUT2D eigenvalue weighted by atomic mass is 32.2. The highest BCUT2D eigenvalue weighted by Gasteiger charge is 2.69. The highest BCUT2D eigenvalue weighted by molar-refractivity contribution is 8.01. The fourth-order valence-corrected chi connectivity index (χ4v) is 5.29. The van der Waals surface area contributed by atoms with Crippen molar-refractivity contribution >= 4 is 29.5 Å². The summed E-state index contributed by atoms with van der Waals surface area (Å²) in [5, 5.41) is 11.8. The second-order valence-corrected chi connectivity index (χ2v) is 7.96. The third-order valence-corrected chi connectivity index (χ3v) is 6.55. The molecule has 132 valence electrons. The van der Waals surface area contributed by atoms with Crippen LogP contribution in [0.25, 0.3) is 0 Å². The normalized spacial score (nSPS) is 30.2. The predicted octanol–water partition coefficient (Wildman–Crippen LogP) is -0.691. The number of nitrogens with two attached hydrogens (primary N) is 1. The van der Waals surface area contributed by atoms with Gasteiger partial charge >= 0.3 is 5.97 Å². The van der Waals surface area contributed by atoms with Crippen molar-refractivity contribution in [3.05, 3.63) is 35.9 Å². The minimum Gasteiger partial charge on any atom is -0.480 e. The van der Waals surface area contributed by atoms with Gasteiger partial charge in [-0.25, -0.2) is 4.79 Å². The van der Waals surface area contributed by atoms with Crippen LogP contribution in [0.15, 0.2) is 30.3 Å². The van der Waals surface area contributed by atoms with Gasteiger partial charge in [0.1, 0.15) is 23.5 Å². The number of ether oxygens (including phenoxy) is 1. The molecule has 3 fully saturated rings. The number of amides is 2. The summed E-state index contributed by atoms with van der Waals surface area (Å²) >= 11 is 1.39. The predicted molar refractivity (Wildman–Crippen MR) is 88.5 cm³/mol. The van der Waals surface area contributed by atoms with Crippen LogP contribution in [0.2, 0.25) is 0 Å². The molecule has 3 aliphatic rings. The van der Waals surface area contributed by atoms with Crippen LogP contribution in [0.3, 0.4) is 0 Å². The summed E-state index contributed by atoms with van der Waals surface area (Å²) < 4.78 is 4.57. The Morgan fingerprint density at radius 2 is 2.04 bits per heavy atom. The Bertz CT molecular complexity index is 739. The van der Waals surface area contributed by atoms with Crippen molar-refractivity contribution in [2.24, 2.45) is 5.73 Å². The number of carbonyl (C=O) groups excluding carboxylic acids is 2. The standard InChI is InChI=1S/C16H17N3O5S/c17-9(8-4-2-1-3-5-8)12(20)18-10-13(21)19-11(15(22)23)16(6-24-7-16)25-14(10)19/h1-5,9-11,14H,6-7,17H2,(H,18,20)(H,22,23)/t9?,10?,11?,14-/m0/s1. The van der Waals surface area contributed by atoms with Crippen LogP contribution in [-0.2, 0) is 19.1 Å². The SMILES string of the molecule is NC(C(=O)NC1C(=O)N2C(C(=O)O)C3(COC3)S[C@@H]12)c1ccccc1. The number of carbonyl (C=O) groups is 3. The van der Waals surface area contributed by atoms with E-state index in [2.05, 4.69) is 5.32 Å². The van der Waals surface area contributed by atoms with Gasteiger partial charge in [-0.05, 0) is 5.56 Å². The van der Waals surface area contributed by atoms with Gasteiger partial charge in [0.25, 0.3) is 0 Å². The minimum atomic E-state index is -1.04. The molecule has 9 heteroatoms. The Kier molecular flexibility index (Phi) is 3.75. The Labute approximate surface area is 147 Å². The van der Waals surface area contributed by atoms with Gasteiger partial charge in [-0.3, -0.25) is 9.59 Å². The molecule has 1 spiro atoms. The molecule has 0 saturated carbocycles. The molecular formula is C16H17N3O5S. The number of hydrogen-bond donors (Lipinski definition) is 3. The lowest BCUT2D eigenvalue weighted by Gasteiger charge is -2.44. The van der Waals surface area contributed by atoms with Crippen LogP contribution in [0, 0.1) is 0 Å². The molecule has 3 unspecified atom stereocenters. The maximum Gasteiger partial charge on any atom is 0.328 e. The lowest BCUT2D eigenvalue weighted by atomic mass is 9.91. The first-order chi connectivity index (χ1) is 11.9. The van der Waals surface area contributed by atoms with E-state index in [4.69, 9.17) is 10.5 Å². The molecule has 3 aliphatic heterocycles. The number of carboxylic acids is 1. The summed E-state index contributed by atoms with van der Waals surface area (Å²) in [4.78, 5) is 37.8. The molecule has 4 N–H and O–H groups in total. The van der Waals surface area contributed by atoms with Crippen LogP contribution in [-0.4, -0.2) is 63.2 Å². The van der Waals surface area contributed by atoms with Gasteiger partial charge in [0.15, 0.2) is 0 Å². The Morgan fingerprint density at radius 3 is 2.60 bits per heavy atom. The maximum atomic E-state index is 12.4. The molecule has 4 rings (SSSR count). The van der Waals surface area contributed by atoms with Gasteiger partial charge in [0, 0.05) is 0 Å². The molecule has 8 nitrogen and oxygen atoms in total. The molecule has 3 heterocycles. The fourth-order valence-electron chi connectivity index (χ4n) is 3.50. The molecule has 3 saturated heterocycles. The molecule has 0 bridgehead atoms. The molecular weight excluding hydrogens is 346 g/mol. The van der Waals surface area contributed by atoms with Crippen molar-refractivity contribution in [1.29, 1.82) is 0 Å². The molecule has 4 atom stereocenters. The van der Waals surface area contributed by atoms with E-state index in [-0.39, 0.29) is 5.91 Å². The number of hydrogen-bond acceptors (Lipinski definition) is 6. The van der Waals surface area contributed by atoms with Crippen LogP contribution < -0.4 is 11.1 Å². The molecule has 0 aliphatic carbocycles. The van der Waals surface area contributed by atoms with Crippen molar-refractivity contribution in [3.63, 3.8) is 0 Å². The topological polar surface area (TPSA) is 122 Å². The van der Waals surface area contributed by atoms with Gasteiger partial charge in [-0.15, -0.1) is 11.8 Å². The van der Waals surface area contributed by atoms with Crippen molar-refractivity contribution in [3.8, 4) is 0 Å². The van der Waals surface area contributed by atoms with E-state index in [0.717, 1.165) is 0 Å². The Balaban J connectivity index is 1.48. The number of nitrogens with zero attached hydrogens (tertiary/aromatic N) is 1. The zero-order valence-corrected chi connectivity index (χ0v) is 13.9. The number of carboxylic acid groups (broad SMARTS) is 1. The molecule has 2 amide bonds. The van der Waals surface area contributed by atoms with Gasteiger partial charge in [-0.1, -0.05) is 30.3 Å². The number of benzene rings is 1. The van der Waals surface area contributed by atoms with Crippen LogP contribution in [0.5, 0.6) is 0 Å². The summed E-state index contributed by atoms with van der Waals surface area (Å²) in [5.74, 6) is -1.89. The van der Waals surface area contributed by atoms with Gasteiger partial charge in [-0.2, -0.15) is 0 Å². The van der Waals surface area contributed by atoms with Gasteiger partial charge in [0.05, 0.1) is 18.0 Å². The van der Waals surface area contributed by atoms with Gasteiger partial charge in [0.2, 0.25) is 11.8 Å². The van der Waals surface area contributed by atoms with Crippen molar-refractivity contribution < 1.29 is 24.2 Å². The van der Waals surface area contributed by atoms with Crippen molar-refractivity contribution in [2.45, 2.75) is 28.2 Å². The zero-order valence-electron chi connectivity index (χ0n) is 13.1. The van der Waals surface area contributed by atoms with E-state index < -0.39 is 40.1 Å². The number of rotatable bonds is 4. The minimum absolute atomic E-state index is 0.291. The van der Waals surface area contributed by atoms with E-state index >= 15 is 0 Å². The fraction of sp³-hybridized carbons (Fsp3) is 0.438. The summed E-state index contributed by atoms with van der Waals surface area (Å²) in [6.07, 6.45) is 0. The monoisotopic (exact) mass is 363 g/mol. The third-order valence-electron chi connectivity index (χ3n) is 4.88. The molecule has 0 aromatic heterocycles. The quantitative estimate of drug-likeness (QED) is 0.605. The second kappa shape index (κ2) is 5.72. The largest absolute Gasteiger partial charge is 0.480 e. The summed E-state index contributed by atoms with van der Waals surface area (Å²) in [7, 11) is 0. The Hall–Kier alpha value is -2.10. The summed E-state index contributed by atoms with van der Waals surface area (Å²) in [6, 6.07) is 6.31. The van der Waals surface area contributed by atoms with Crippen LogP contribution in [0.1, 0.15) is 11.6 Å². The van der Waals surface area contributed by atoms with E-state index in [1.54, 1.807) is 24.3 Å². The first-order valence-corrected chi connectivity index (χ1v) is 8.74. The zero-order chi connectivity index (χ0) is 17.8. The second-order valence-electron chi connectivity index (χ2n) is 6.43. The van der Waals surface area contributed by atoms with Gasteiger partial charge < -0.3 is 25.8 Å². The molecule has 0 radical (unpaired) electrons. The number of β-lactam (4-membered cyclic amide) rings is 1. The smallest absolute Gasteiger partial charge is 0.328 e. The third kappa shape index (κ3) is 2.34. The van der Waals surface area contributed by atoms with E-state index in [1.807, 2.05) is 6.07 Å². The van der Waals surface area contributed by atoms with E-state index in [0.29, 0.717) is 18.8 Å². The maximum absolute atomic E-state index is 12.4. The van der Waals surface area contributed by atoms with Crippen LogP contribution >= 0.6 is 11.8 Å². The van der Waals surface area contributed by atoms with Crippen LogP contribution in [0.4, 0.5) is 0 Å². The van der Waals surface area contributed by atoms with Crippen molar-refractivity contribution in [2.75, 3.05) is 13.2 Å². The van der Waals surface area contributed by atoms with Crippen molar-refractivity contribution in [1.82, 2.24) is 10.2 Å². The number of thioether (sulfide) groups is 1. The van der Waals surface area contributed by atoms with E-state index in [1.165, 1.54) is 16.7 Å². The first-order valence-electron chi connectivity index (χ1n) is 7.86. The summed E-state index contributed by atoms with van der Waals surface area (Å²) in [6.45, 7) is 0.582. The number of aliphatic carboxylic acids is 1. The first kappa shape index (κ1) is 16.4. The number of fused-ring (bicyclic) bond motifs is 1. The molecule has 25 heavy (non-hydrogen) atoms. The lowest BCUT2D eigenvalue weighted by Crippen LogP contribution is -2.72. The summed E-state index contributed by atoms with van der Waals surface area (Å²) in [5.41, 5.74) is 6.60. The lowest BCUT2D eigenvalue weighted by molar-refractivity contribution is -0.166. The average molecular weight is 363 g/mol. The molecule has 1 aromatic rings. The molecule has 1 aromatic carbocycles. The van der Waals surface area contributed by atoms with E-state index in [9.17, 15) is 19.5 Å².